The monoisotopic (exact) mass is 311 g/mol. The summed E-state index contributed by atoms with van der Waals surface area (Å²) < 4.78 is 1.11. The van der Waals surface area contributed by atoms with Gasteiger partial charge in [0.15, 0.2) is 0 Å². The second kappa shape index (κ2) is 6.31. The molecular weight excluding hydrogens is 298 g/mol. The summed E-state index contributed by atoms with van der Waals surface area (Å²) in [6.07, 6.45) is -0.445. The van der Waals surface area contributed by atoms with Gasteiger partial charge in [-0.2, -0.15) is 0 Å². The number of aliphatic hydroxyl groups excluding tert-OH is 1. The molecule has 1 atom stereocenters. The topological polar surface area (TPSA) is 32.3 Å². The molecule has 1 aromatic carbocycles. The average molecular weight is 312 g/mol. The molecule has 0 aliphatic carbocycles. The second-order valence-electron chi connectivity index (χ2n) is 3.79. The van der Waals surface area contributed by atoms with Crippen molar-refractivity contribution in [1.82, 2.24) is 5.32 Å². The number of rotatable bonds is 5. The highest BCUT2D eigenvalue weighted by Gasteiger charge is 2.06. The summed E-state index contributed by atoms with van der Waals surface area (Å²) in [5.74, 6) is 0. The summed E-state index contributed by atoms with van der Waals surface area (Å²) in [7, 11) is 0. The van der Waals surface area contributed by atoms with Gasteiger partial charge in [-0.1, -0.05) is 30.3 Å². The van der Waals surface area contributed by atoms with Gasteiger partial charge in [0, 0.05) is 27.8 Å². The minimum absolute atomic E-state index is 0.445. The van der Waals surface area contributed by atoms with E-state index in [9.17, 15) is 5.11 Å². The molecule has 0 radical (unpaired) electrons. The van der Waals surface area contributed by atoms with Gasteiger partial charge in [0.2, 0.25) is 0 Å². The first-order chi connectivity index (χ1) is 8.25. The molecule has 0 saturated heterocycles. The number of benzene rings is 1. The van der Waals surface area contributed by atoms with E-state index in [4.69, 9.17) is 0 Å². The molecule has 1 aromatic heterocycles. The Kier molecular flexibility index (Phi) is 4.74. The number of aliphatic hydroxyl groups is 1. The first-order valence-electron chi connectivity index (χ1n) is 5.42. The Hall–Kier alpha value is -0.680. The highest BCUT2D eigenvalue weighted by atomic mass is 79.9. The van der Waals surface area contributed by atoms with Gasteiger partial charge in [-0.15, -0.1) is 11.3 Å². The van der Waals surface area contributed by atoms with E-state index in [1.165, 1.54) is 4.88 Å². The summed E-state index contributed by atoms with van der Waals surface area (Å²) in [4.78, 5) is 1.26. The van der Waals surface area contributed by atoms with Crippen molar-refractivity contribution in [3.8, 4) is 0 Å². The zero-order valence-electron chi connectivity index (χ0n) is 9.27. The van der Waals surface area contributed by atoms with Crippen molar-refractivity contribution in [2.45, 2.75) is 12.6 Å². The molecule has 90 valence electrons. The lowest BCUT2D eigenvalue weighted by atomic mass is 10.1. The minimum atomic E-state index is -0.445. The maximum absolute atomic E-state index is 9.94. The smallest absolute Gasteiger partial charge is 0.0914 e. The number of nitrogens with one attached hydrogen (secondary N) is 1. The Balaban J connectivity index is 1.79. The van der Waals surface area contributed by atoms with E-state index in [-0.39, 0.29) is 0 Å². The normalized spacial score (nSPS) is 12.6. The molecule has 1 unspecified atom stereocenters. The van der Waals surface area contributed by atoms with Gasteiger partial charge in [-0.3, -0.25) is 0 Å². The maximum Gasteiger partial charge on any atom is 0.0914 e. The van der Waals surface area contributed by atoms with Crippen LogP contribution in [0.5, 0.6) is 0 Å². The standard InChI is InChI=1S/C13H14BrNOS/c14-11-6-12(17-9-11)7-15-8-13(16)10-4-2-1-3-5-10/h1-6,9,13,15-16H,7-8H2. The molecule has 2 N–H and O–H groups in total. The molecule has 0 aliphatic heterocycles. The average Bonchev–Trinajstić information content (AvgIpc) is 2.76. The number of halogens is 1. The van der Waals surface area contributed by atoms with Crippen LogP contribution in [0.3, 0.4) is 0 Å². The molecular formula is C13H14BrNOS. The lowest BCUT2D eigenvalue weighted by Gasteiger charge is -2.11. The van der Waals surface area contributed by atoms with Crippen LogP contribution < -0.4 is 5.32 Å². The van der Waals surface area contributed by atoms with E-state index >= 15 is 0 Å². The summed E-state index contributed by atoms with van der Waals surface area (Å²) >= 11 is 5.13. The van der Waals surface area contributed by atoms with E-state index in [1.807, 2.05) is 30.3 Å². The van der Waals surface area contributed by atoms with Crippen molar-refractivity contribution in [2.24, 2.45) is 0 Å². The van der Waals surface area contributed by atoms with Crippen LogP contribution in [-0.4, -0.2) is 11.7 Å². The van der Waals surface area contributed by atoms with Crippen LogP contribution in [0.4, 0.5) is 0 Å². The zero-order valence-corrected chi connectivity index (χ0v) is 11.7. The molecule has 17 heavy (non-hydrogen) atoms. The van der Waals surface area contributed by atoms with Gasteiger partial charge >= 0.3 is 0 Å². The molecule has 4 heteroatoms. The van der Waals surface area contributed by atoms with Crippen molar-refractivity contribution in [3.05, 3.63) is 56.7 Å². The fourth-order valence-corrected chi connectivity index (χ4v) is 2.99. The Labute approximate surface area is 113 Å². The third-order valence-corrected chi connectivity index (χ3v) is 4.14. The molecule has 0 fully saturated rings. The molecule has 0 saturated carbocycles. The fourth-order valence-electron chi connectivity index (χ4n) is 1.57. The number of hydrogen-bond donors (Lipinski definition) is 2. The lowest BCUT2D eigenvalue weighted by Crippen LogP contribution is -2.20. The van der Waals surface area contributed by atoms with E-state index in [2.05, 4.69) is 32.7 Å². The van der Waals surface area contributed by atoms with Crippen molar-refractivity contribution in [1.29, 1.82) is 0 Å². The summed E-state index contributed by atoms with van der Waals surface area (Å²) in [5.41, 5.74) is 0.951. The Morgan fingerprint density at radius 2 is 2.06 bits per heavy atom. The second-order valence-corrected chi connectivity index (χ2v) is 5.70. The predicted molar refractivity (Wildman–Crippen MR) is 75.1 cm³/mol. The summed E-state index contributed by atoms with van der Waals surface area (Å²) in [6.45, 7) is 1.36. The van der Waals surface area contributed by atoms with Gasteiger partial charge < -0.3 is 10.4 Å². The van der Waals surface area contributed by atoms with E-state index in [0.29, 0.717) is 6.54 Å². The third-order valence-electron chi connectivity index (χ3n) is 2.44. The quantitative estimate of drug-likeness (QED) is 0.887. The van der Waals surface area contributed by atoms with Crippen LogP contribution >= 0.6 is 27.3 Å². The third kappa shape index (κ3) is 3.92. The molecule has 0 amide bonds. The van der Waals surface area contributed by atoms with Crippen LogP contribution in [0.15, 0.2) is 46.3 Å². The largest absolute Gasteiger partial charge is 0.387 e. The Morgan fingerprint density at radius 3 is 2.71 bits per heavy atom. The fraction of sp³-hybridized carbons (Fsp3) is 0.231. The van der Waals surface area contributed by atoms with Crippen LogP contribution in [0.2, 0.25) is 0 Å². The van der Waals surface area contributed by atoms with Crippen LogP contribution in [0.25, 0.3) is 0 Å². The summed E-state index contributed by atoms with van der Waals surface area (Å²) in [6, 6.07) is 11.8. The van der Waals surface area contributed by atoms with Crippen LogP contribution in [0, 0.1) is 0 Å². The maximum atomic E-state index is 9.94. The minimum Gasteiger partial charge on any atom is -0.387 e. The lowest BCUT2D eigenvalue weighted by molar-refractivity contribution is 0.174. The van der Waals surface area contributed by atoms with Crippen molar-refractivity contribution in [2.75, 3.05) is 6.54 Å². The molecule has 0 spiro atoms. The Bertz CT molecular complexity index is 457. The van der Waals surface area contributed by atoms with Gasteiger partial charge in [0.25, 0.3) is 0 Å². The van der Waals surface area contributed by atoms with E-state index in [1.54, 1.807) is 11.3 Å². The van der Waals surface area contributed by atoms with Gasteiger partial charge in [-0.25, -0.2) is 0 Å². The molecule has 1 heterocycles. The van der Waals surface area contributed by atoms with E-state index < -0.39 is 6.10 Å². The molecule has 2 aromatic rings. The molecule has 0 aliphatic rings. The zero-order chi connectivity index (χ0) is 12.1. The van der Waals surface area contributed by atoms with Gasteiger partial charge in [-0.05, 0) is 27.6 Å². The van der Waals surface area contributed by atoms with E-state index in [0.717, 1.165) is 16.6 Å². The number of thiophene rings is 1. The molecule has 2 nitrogen and oxygen atoms in total. The predicted octanol–water partition coefficient (Wildman–Crippen LogP) is 3.33. The molecule has 2 rings (SSSR count). The molecule has 0 bridgehead atoms. The highest BCUT2D eigenvalue weighted by molar-refractivity contribution is 9.10. The SMILES string of the molecule is OC(CNCc1cc(Br)cs1)c1ccccc1. The van der Waals surface area contributed by atoms with Gasteiger partial charge in [0.1, 0.15) is 0 Å². The van der Waals surface area contributed by atoms with Gasteiger partial charge in [0.05, 0.1) is 6.10 Å². The van der Waals surface area contributed by atoms with Crippen molar-refractivity contribution in [3.63, 3.8) is 0 Å². The highest BCUT2D eigenvalue weighted by Crippen LogP contribution is 2.19. The first kappa shape index (κ1) is 12.8. The van der Waals surface area contributed by atoms with Crippen LogP contribution in [0.1, 0.15) is 16.5 Å². The van der Waals surface area contributed by atoms with Crippen molar-refractivity contribution < 1.29 is 5.11 Å². The first-order valence-corrected chi connectivity index (χ1v) is 7.09. The number of hydrogen-bond acceptors (Lipinski definition) is 3. The Morgan fingerprint density at radius 1 is 1.29 bits per heavy atom. The summed E-state index contributed by atoms with van der Waals surface area (Å²) in [5, 5.41) is 15.2. The van der Waals surface area contributed by atoms with Crippen molar-refractivity contribution >= 4 is 27.3 Å². The van der Waals surface area contributed by atoms with Crippen LogP contribution in [-0.2, 0) is 6.54 Å².